The Morgan fingerprint density at radius 2 is 1.36 bits per heavy atom. The van der Waals surface area contributed by atoms with Crippen molar-refractivity contribution in [2.45, 2.75) is 0 Å². The molecule has 0 fully saturated rings. The number of amidine groups is 1. The number of nitrogen functional groups attached to an aromatic ring is 1. The maximum absolute atomic E-state index is 12.6. The molecule has 0 unspecified atom stereocenters. The third kappa shape index (κ3) is 6.16. The van der Waals surface area contributed by atoms with Gasteiger partial charge in [0.05, 0.1) is 11.3 Å². The molecule has 10 heteroatoms. The number of anilines is 1. The quantitative estimate of drug-likeness (QED) is 0.116. The van der Waals surface area contributed by atoms with Crippen molar-refractivity contribution < 1.29 is 14.3 Å². The molecule has 8 N–H and O–H groups in total. The van der Waals surface area contributed by atoms with E-state index in [2.05, 4.69) is 10.3 Å². The Labute approximate surface area is 212 Å². The first-order chi connectivity index (χ1) is 16.8. The largest absolute Gasteiger partial charge is 0.423 e. The van der Waals surface area contributed by atoms with Crippen molar-refractivity contribution in [3.63, 3.8) is 0 Å². The third-order valence-electron chi connectivity index (χ3n) is 5.10. The molecule has 0 aliphatic rings. The maximum Gasteiger partial charge on any atom is 0.343 e. The van der Waals surface area contributed by atoms with Gasteiger partial charge in [0.15, 0.2) is 5.96 Å². The van der Waals surface area contributed by atoms with Crippen molar-refractivity contribution >= 4 is 58.2 Å². The number of hydrogen-bond acceptors (Lipinski definition) is 5. The smallest absolute Gasteiger partial charge is 0.343 e. The number of carbonyl (C=O) groups is 2. The molecule has 0 aliphatic heterocycles. The number of halogens is 1. The molecule has 0 heterocycles. The van der Waals surface area contributed by atoms with E-state index in [1.165, 1.54) is 0 Å². The molecule has 4 aromatic rings. The number of esters is 1. The minimum absolute atomic E-state index is 0. The van der Waals surface area contributed by atoms with E-state index in [9.17, 15) is 9.59 Å². The summed E-state index contributed by atoms with van der Waals surface area (Å²) in [6.07, 6.45) is 0. The fourth-order valence-corrected chi connectivity index (χ4v) is 3.35. The first-order valence-corrected chi connectivity index (χ1v) is 10.5. The fraction of sp³-hybridized carbons (Fsp3) is 0. The molecule has 4 aromatic carbocycles. The molecule has 0 saturated heterocycles. The van der Waals surface area contributed by atoms with Crippen LogP contribution >= 0.6 is 12.4 Å². The van der Waals surface area contributed by atoms with Crippen LogP contribution in [0, 0.1) is 5.41 Å². The Balaban J connectivity index is 0.00000361. The molecule has 0 radical (unpaired) electrons. The minimum atomic E-state index is -0.541. The third-order valence-corrected chi connectivity index (χ3v) is 5.10. The zero-order valence-electron chi connectivity index (χ0n) is 18.9. The maximum atomic E-state index is 12.6. The molecule has 0 bridgehead atoms. The Kier molecular flexibility index (Phi) is 7.88. The highest BCUT2D eigenvalue weighted by molar-refractivity contribution is 6.05. The number of guanidine groups is 1. The van der Waals surface area contributed by atoms with Crippen molar-refractivity contribution in [1.29, 1.82) is 5.41 Å². The monoisotopic (exact) mass is 502 g/mol. The molecule has 0 aromatic heterocycles. The Morgan fingerprint density at radius 1 is 0.750 bits per heavy atom. The van der Waals surface area contributed by atoms with Crippen molar-refractivity contribution in [2.24, 2.45) is 22.2 Å². The van der Waals surface area contributed by atoms with Crippen molar-refractivity contribution in [2.75, 3.05) is 5.32 Å². The molecule has 0 spiro atoms. The normalized spacial score (nSPS) is 10.1. The van der Waals surface area contributed by atoms with Gasteiger partial charge in [0.25, 0.3) is 5.91 Å². The van der Waals surface area contributed by atoms with Crippen LogP contribution in [0.25, 0.3) is 10.8 Å². The lowest BCUT2D eigenvalue weighted by Gasteiger charge is -2.08. The van der Waals surface area contributed by atoms with Gasteiger partial charge in [0.1, 0.15) is 11.6 Å². The summed E-state index contributed by atoms with van der Waals surface area (Å²) < 4.78 is 5.50. The number of fused-ring (bicyclic) bond motifs is 1. The molecular formula is C26H23ClN6O3. The van der Waals surface area contributed by atoms with E-state index < -0.39 is 5.97 Å². The molecule has 4 rings (SSSR count). The zero-order chi connectivity index (χ0) is 24.9. The Bertz CT molecular complexity index is 1460. The summed E-state index contributed by atoms with van der Waals surface area (Å²) in [5.74, 6) is -0.601. The first kappa shape index (κ1) is 25.7. The van der Waals surface area contributed by atoms with Crippen LogP contribution in [0.1, 0.15) is 26.3 Å². The molecule has 182 valence electrons. The van der Waals surface area contributed by atoms with Crippen molar-refractivity contribution in [1.82, 2.24) is 0 Å². The second-order valence-electron chi connectivity index (χ2n) is 7.64. The van der Waals surface area contributed by atoms with E-state index in [4.69, 9.17) is 27.3 Å². The van der Waals surface area contributed by atoms with Crippen molar-refractivity contribution in [3.05, 3.63) is 102 Å². The Hall–Kier alpha value is -4.89. The molecule has 0 saturated carbocycles. The van der Waals surface area contributed by atoms with Gasteiger partial charge in [-0.05, 0) is 77.5 Å². The topological polar surface area (TPSA) is 170 Å². The van der Waals surface area contributed by atoms with Gasteiger partial charge in [-0.3, -0.25) is 10.2 Å². The number of rotatable bonds is 6. The number of amides is 1. The van der Waals surface area contributed by atoms with E-state index in [0.29, 0.717) is 33.8 Å². The van der Waals surface area contributed by atoms with Gasteiger partial charge >= 0.3 is 5.97 Å². The van der Waals surface area contributed by atoms with Gasteiger partial charge in [0, 0.05) is 16.8 Å². The van der Waals surface area contributed by atoms with Gasteiger partial charge in [-0.2, -0.15) is 0 Å². The van der Waals surface area contributed by atoms with E-state index in [-0.39, 0.29) is 30.1 Å². The molecule has 0 aliphatic carbocycles. The number of hydrogen-bond donors (Lipinski definition) is 5. The lowest BCUT2D eigenvalue weighted by atomic mass is 10.1. The number of benzene rings is 4. The van der Waals surface area contributed by atoms with Crippen LogP contribution in [0.2, 0.25) is 0 Å². The lowest BCUT2D eigenvalue weighted by molar-refractivity contribution is 0.0735. The van der Waals surface area contributed by atoms with Crippen LogP contribution in [0.15, 0.2) is 89.9 Å². The fourth-order valence-electron chi connectivity index (χ4n) is 3.35. The molecular weight excluding hydrogens is 480 g/mol. The van der Waals surface area contributed by atoms with E-state index in [1.54, 1.807) is 72.8 Å². The number of aliphatic imine (C=N–C) groups is 1. The zero-order valence-corrected chi connectivity index (χ0v) is 19.7. The predicted octanol–water partition coefficient (Wildman–Crippen LogP) is 3.92. The number of nitrogens with one attached hydrogen (secondary N) is 2. The number of carbonyl (C=O) groups excluding carboxylic acids is 2. The number of ether oxygens (including phenoxy) is 1. The second kappa shape index (κ2) is 11.0. The number of nitrogens with zero attached hydrogens (tertiary/aromatic N) is 1. The highest BCUT2D eigenvalue weighted by Crippen LogP contribution is 2.23. The molecule has 0 atom stereocenters. The molecule has 9 nitrogen and oxygen atoms in total. The van der Waals surface area contributed by atoms with Crippen LogP contribution in [-0.2, 0) is 0 Å². The summed E-state index contributed by atoms with van der Waals surface area (Å²) >= 11 is 0. The average molecular weight is 503 g/mol. The molecule has 1 amide bonds. The highest BCUT2D eigenvalue weighted by atomic mass is 35.5. The van der Waals surface area contributed by atoms with Gasteiger partial charge in [-0.25, -0.2) is 9.79 Å². The van der Waals surface area contributed by atoms with Crippen LogP contribution in [0.5, 0.6) is 5.75 Å². The van der Waals surface area contributed by atoms with Crippen molar-refractivity contribution in [3.8, 4) is 5.75 Å². The van der Waals surface area contributed by atoms with Crippen LogP contribution < -0.4 is 27.3 Å². The summed E-state index contributed by atoms with van der Waals surface area (Å²) in [4.78, 5) is 29.0. The predicted molar refractivity (Wildman–Crippen MR) is 143 cm³/mol. The van der Waals surface area contributed by atoms with E-state index in [1.807, 2.05) is 12.1 Å². The summed E-state index contributed by atoms with van der Waals surface area (Å²) in [6, 6.07) is 23.4. The van der Waals surface area contributed by atoms with Gasteiger partial charge in [0.2, 0.25) is 0 Å². The minimum Gasteiger partial charge on any atom is -0.423 e. The van der Waals surface area contributed by atoms with Gasteiger partial charge in [-0.1, -0.05) is 18.2 Å². The summed E-state index contributed by atoms with van der Waals surface area (Å²) in [5.41, 5.74) is 18.6. The lowest BCUT2D eigenvalue weighted by Crippen LogP contribution is -2.21. The summed E-state index contributed by atoms with van der Waals surface area (Å²) in [7, 11) is 0. The first-order valence-electron chi connectivity index (χ1n) is 10.5. The van der Waals surface area contributed by atoms with Crippen LogP contribution in [0.3, 0.4) is 0 Å². The summed E-state index contributed by atoms with van der Waals surface area (Å²) in [5, 5.41) is 12.1. The van der Waals surface area contributed by atoms with E-state index in [0.717, 1.165) is 10.8 Å². The average Bonchev–Trinajstić information content (AvgIpc) is 2.84. The highest BCUT2D eigenvalue weighted by Gasteiger charge is 2.11. The number of nitrogens with two attached hydrogens (primary N) is 3. The standard InChI is InChI=1S/C26H22N6O3.ClH/c27-23(28)18-2-1-15-7-12-22(14-19(15)13-18)35-25(34)17-5-10-20(11-6-17)31-24(33)16-3-8-21(9-4-16)32-26(29)30;/h1-14H,(H3,27,28)(H,31,33)(H4,29,30,32);1H. The van der Waals surface area contributed by atoms with Gasteiger partial charge in [-0.15, -0.1) is 12.4 Å². The van der Waals surface area contributed by atoms with Crippen LogP contribution in [-0.4, -0.2) is 23.7 Å². The summed E-state index contributed by atoms with van der Waals surface area (Å²) in [6.45, 7) is 0. The molecule has 36 heavy (non-hydrogen) atoms. The Morgan fingerprint density at radius 3 is 2.00 bits per heavy atom. The van der Waals surface area contributed by atoms with Crippen LogP contribution in [0.4, 0.5) is 11.4 Å². The van der Waals surface area contributed by atoms with Gasteiger partial charge < -0.3 is 27.3 Å². The SMILES string of the molecule is Cl.N=C(N)c1ccc2ccc(OC(=O)c3ccc(NC(=O)c4ccc(N=C(N)N)cc4)cc3)cc2c1. The van der Waals surface area contributed by atoms with E-state index >= 15 is 0 Å². The second-order valence-corrected chi connectivity index (χ2v) is 7.64.